The zero-order valence-corrected chi connectivity index (χ0v) is 13.9. The second-order valence-corrected chi connectivity index (χ2v) is 7.44. The topological polar surface area (TPSA) is 64.6 Å². The molecule has 122 valence electrons. The van der Waals surface area contributed by atoms with Gasteiger partial charge in [0.15, 0.2) is 11.5 Å². The third-order valence-corrected chi connectivity index (χ3v) is 5.27. The fraction of sp³-hybridized carbons (Fsp3) is 0.294. The predicted molar refractivity (Wildman–Crippen MR) is 87.2 cm³/mol. The standard InChI is InChI=1S/C17H19NO4S/c1-12-3-6-15(7-4-12)23(19,20)18-13(2)9-14-5-8-16-17(10-14)22-11-21-16/h3-8,10,13,18H,9,11H2,1-2H3. The van der Waals surface area contributed by atoms with Gasteiger partial charge in [-0.15, -0.1) is 0 Å². The highest BCUT2D eigenvalue weighted by Crippen LogP contribution is 2.32. The smallest absolute Gasteiger partial charge is 0.240 e. The van der Waals surface area contributed by atoms with E-state index in [4.69, 9.17) is 9.47 Å². The molecule has 0 fully saturated rings. The average molecular weight is 333 g/mol. The molecule has 0 amide bonds. The van der Waals surface area contributed by atoms with Crippen LogP contribution in [0, 0.1) is 6.92 Å². The molecule has 1 heterocycles. The lowest BCUT2D eigenvalue weighted by Gasteiger charge is -2.15. The van der Waals surface area contributed by atoms with Gasteiger partial charge in [-0.2, -0.15) is 0 Å². The van der Waals surface area contributed by atoms with Crippen molar-refractivity contribution in [3.8, 4) is 11.5 Å². The Bertz CT molecular complexity index is 800. The Hall–Kier alpha value is -2.05. The van der Waals surface area contributed by atoms with Crippen LogP contribution in [-0.4, -0.2) is 21.3 Å². The molecule has 2 aromatic carbocycles. The van der Waals surface area contributed by atoms with Crippen molar-refractivity contribution in [3.63, 3.8) is 0 Å². The van der Waals surface area contributed by atoms with Crippen molar-refractivity contribution in [3.05, 3.63) is 53.6 Å². The van der Waals surface area contributed by atoms with Crippen LogP contribution in [-0.2, 0) is 16.4 Å². The summed E-state index contributed by atoms with van der Waals surface area (Å²) >= 11 is 0. The van der Waals surface area contributed by atoms with Crippen molar-refractivity contribution in [2.75, 3.05) is 6.79 Å². The van der Waals surface area contributed by atoms with Crippen molar-refractivity contribution in [2.45, 2.75) is 31.2 Å². The zero-order chi connectivity index (χ0) is 16.4. The highest BCUT2D eigenvalue weighted by Gasteiger charge is 2.19. The van der Waals surface area contributed by atoms with E-state index in [0.29, 0.717) is 12.2 Å². The highest BCUT2D eigenvalue weighted by atomic mass is 32.2. The number of rotatable bonds is 5. The van der Waals surface area contributed by atoms with Gasteiger partial charge in [0.05, 0.1) is 4.90 Å². The third kappa shape index (κ3) is 3.65. The van der Waals surface area contributed by atoms with Crippen molar-refractivity contribution >= 4 is 10.0 Å². The maximum atomic E-state index is 12.4. The van der Waals surface area contributed by atoms with Crippen LogP contribution in [0.5, 0.6) is 11.5 Å². The second kappa shape index (κ2) is 6.22. The molecule has 0 spiro atoms. The number of hydrogen-bond donors (Lipinski definition) is 1. The number of sulfonamides is 1. The minimum absolute atomic E-state index is 0.231. The molecule has 0 aromatic heterocycles. The zero-order valence-electron chi connectivity index (χ0n) is 13.1. The lowest BCUT2D eigenvalue weighted by Crippen LogP contribution is -2.34. The Morgan fingerprint density at radius 2 is 1.78 bits per heavy atom. The van der Waals surface area contributed by atoms with Crippen LogP contribution in [0.1, 0.15) is 18.1 Å². The lowest BCUT2D eigenvalue weighted by molar-refractivity contribution is 0.174. The number of benzene rings is 2. The van der Waals surface area contributed by atoms with Gasteiger partial charge in [-0.3, -0.25) is 0 Å². The van der Waals surface area contributed by atoms with Gasteiger partial charge in [-0.1, -0.05) is 23.8 Å². The SMILES string of the molecule is Cc1ccc(S(=O)(=O)NC(C)Cc2ccc3c(c2)OCO3)cc1. The van der Waals surface area contributed by atoms with Crippen molar-refractivity contribution in [1.29, 1.82) is 0 Å². The normalized spacial score (nSPS) is 14.7. The van der Waals surface area contributed by atoms with Gasteiger partial charge in [0, 0.05) is 6.04 Å². The van der Waals surface area contributed by atoms with E-state index in [1.54, 1.807) is 24.3 Å². The molecule has 2 aromatic rings. The fourth-order valence-corrected chi connectivity index (χ4v) is 3.76. The van der Waals surface area contributed by atoms with Gasteiger partial charge in [0.2, 0.25) is 16.8 Å². The van der Waals surface area contributed by atoms with E-state index in [0.717, 1.165) is 16.9 Å². The minimum Gasteiger partial charge on any atom is -0.454 e. The number of fused-ring (bicyclic) bond motifs is 1. The van der Waals surface area contributed by atoms with E-state index in [2.05, 4.69) is 4.72 Å². The Balaban J connectivity index is 1.69. The predicted octanol–water partition coefficient (Wildman–Crippen LogP) is 2.63. The number of ether oxygens (including phenoxy) is 2. The van der Waals surface area contributed by atoms with Crippen molar-refractivity contribution < 1.29 is 17.9 Å². The van der Waals surface area contributed by atoms with Gasteiger partial charge < -0.3 is 9.47 Å². The monoisotopic (exact) mass is 333 g/mol. The van der Waals surface area contributed by atoms with E-state index in [9.17, 15) is 8.42 Å². The molecule has 1 atom stereocenters. The maximum absolute atomic E-state index is 12.4. The first-order chi connectivity index (χ1) is 10.9. The Kier molecular flexibility index (Phi) is 4.28. The van der Waals surface area contributed by atoms with Crippen LogP contribution in [0.25, 0.3) is 0 Å². The van der Waals surface area contributed by atoms with Crippen LogP contribution >= 0.6 is 0 Å². The molecular weight excluding hydrogens is 314 g/mol. The maximum Gasteiger partial charge on any atom is 0.240 e. The summed E-state index contributed by atoms with van der Waals surface area (Å²) in [4.78, 5) is 0.278. The Labute approximate surface area is 136 Å². The molecule has 1 unspecified atom stereocenters. The van der Waals surface area contributed by atoms with E-state index in [-0.39, 0.29) is 17.7 Å². The van der Waals surface area contributed by atoms with Crippen LogP contribution in [0.15, 0.2) is 47.4 Å². The molecule has 0 bridgehead atoms. The second-order valence-electron chi connectivity index (χ2n) is 5.73. The molecule has 0 saturated heterocycles. The summed E-state index contributed by atoms with van der Waals surface area (Å²) in [6.45, 7) is 4.00. The molecule has 6 heteroatoms. The molecule has 23 heavy (non-hydrogen) atoms. The first-order valence-corrected chi connectivity index (χ1v) is 8.90. The summed E-state index contributed by atoms with van der Waals surface area (Å²) in [6.07, 6.45) is 0.571. The fourth-order valence-electron chi connectivity index (χ4n) is 2.51. The molecule has 1 aliphatic rings. The molecule has 5 nitrogen and oxygen atoms in total. The minimum atomic E-state index is -3.51. The Morgan fingerprint density at radius 1 is 1.09 bits per heavy atom. The van der Waals surface area contributed by atoms with Gasteiger partial charge in [0.25, 0.3) is 0 Å². The van der Waals surface area contributed by atoms with Crippen LogP contribution in [0.2, 0.25) is 0 Å². The molecule has 0 saturated carbocycles. The summed E-state index contributed by atoms with van der Waals surface area (Å²) in [7, 11) is -3.51. The van der Waals surface area contributed by atoms with Gasteiger partial charge >= 0.3 is 0 Å². The van der Waals surface area contributed by atoms with Crippen LogP contribution in [0.4, 0.5) is 0 Å². The first-order valence-electron chi connectivity index (χ1n) is 7.41. The summed E-state index contributed by atoms with van der Waals surface area (Å²) < 4.78 is 38.1. The van der Waals surface area contributed by atoms with Crippen molar-refractivity contribution in [2.24, 2.45) is 0 Å². The highest BCUT2D eigenvalue weighted by molar-refractivity contribution is 7.89. The van der Waals surface area contributed by atoms with E-state index in [1.807, 2.05) is 32.0 Å². The van der Waals surface area contributed by atoms with Gasteiger partial charge in [-0.05, 0) is 50.1 Å². The summed E-state index contributed by atoms with van der Waals surface area (Å²) in [5, 5.41) is 0. The third-order valence-electron chi connectivity index (χ3n) is 3.67. The molecular formula is C17H19NO4S. The number of hydrogen-bond acceptors (Lipinski definition) is 4. The van der Waals surface area contributed by atoms with Crippen LogP contribution < -0.4 is 14.2 Å². The van der Waals surface area contributed by atoms with Gasteiger partial charge in [0.1, 0.15) is 0 Å². The van der Waals surface area contributed by atoms with Crippen LogP contribution in [0.3, 0.4) is 0 Å². The van der Waals surface area contributed by atoms with Crippen molar-refractivity contribution in [1.82, 2.24) is 4.72 Å². The van der Waals surface area contributed by atoms with Gasteiger partial charge in [-0.25, -0.2) is 13.1 Å². The Morgan fingerprint density at radius 3 is 2.52 bits per heavy atom. The van der Waals surface area contributed by atoms with E-state index < -0.39 is 10.0 Å². The molecule has 0 radical (unpaired) electrons. The quantitative estimate of drug-likeness (QED) is 0.913. The molecule has 1 aliphatic heterocycles. The van der Waals surface area contributed by atoms with E-state index >= 15 is 0 Å². The molecule has 1 N–H and O–H groups in total. The summed E-state index contributed by atoms with van der Waals surface area (Å²) in [6, 6.07) is 12.2. The molecule has 3 rings (SSSR count). The molecule has 0 aliphatic carbocycles. The summed E-state index contributed by atoms with van der Waals surface area (Å²) in [5.74, 6) is 1.43. The summed E-state index contributed by atoms with van der Waals surface area (Å²) in [5.41, 5.74) is 2.02. The number of aryl methyl sites for hydroxylation is 1. The number of nitrogens with one attached hydrogen (secondary N) is 1. The van der Waals surface area contributed by atoms with E-state index in [1.165, 1.54) is 0 Å². The first kappa shape index (κ1) is 15.8. The lowest BCUT2D eigenvalue weighted by atomic mass is 10.1. The largest absolute Gasteiger partial charge is 0.454 e. The average Bonchev–Trinajstić information content (AvgIpc) is 2.94.